The topological polar surface area (TPSA) is 21.3 Å². The van der Waals surface area contributed by atoms with Gasteiger partial charge < -0.3 is 10.1 Å². The molecule has 0 aromatic heterocycles. The average molecular weight is 263 g/mol. The standard InChI is InChI=1S/C17H29NO/c1-4-6-7-8-12-17(18-3)15-10-9-11-16(14-15)19-13-5-2/h9-11,14,17-18H,4-8,12-13H2,1-3H3. The molecule has 0 saturated carbocycles. The zero-order valence-corrected chi connectivity index (χ0v) is 12.7. The zero-order chi connectivity index (χ0) is 13.9. The van der Waals surface area contributed by atoms with E-state index >= 15 is 0 Å². The molecule has 1 unspecified atom stereocenters. The van der Waals surface area contributed by atoms with Gasteiger partial charge in [-0.05, 0) is 37.6 Å². The van der Waals surface area contributed by atoms with Gasteiger partial charge in [-0.1, -0.05) is 51.7 Å². The average Bonchev–Trinajstić information content (AvgIpc) is 2.45. The van der Waals surface area contributed by atoms with Crippen molar-refractivity contribution in [2.45, 2.75) is 58.4 Å². The van der Waals surface area contributed by atoms with Crippen molar-refractivity contribution >= 4 is 0 Å². The Bertz CT molecular complexity index is 338. The lowest BCUT2D eigenvalue weighted by atomic mass is 10.00. The van der Waals surface area contributed by atoms with Crippen LogP contribution in [0.3, 0.4) is 0 Å². The molecule has 0 aliphatic rings. The van der Waals surface area contributed by atoms with Crippen molar-refractivity contribution in [3.63, 3.8) is 0 Å². The van der Waals surface area contributed by atoms with E-state index in [0.717, 1.165) is 18.8 Å². The lowest BCUT2D eigenvalue weighted by molar-refractivity contribution is 0.316. The zero-order valence-electron chi connectivity index (χ0n) is 12.7. The molecule has 1 aromatic rings. The van der Waals surface area contributed by atoms with Crippen molar-refractivity contribution in [3.05, 3.63) is 29.8 Å². The minimum absolute atomic E-state index is 0.446. The van der Waals surface area contributed by atoms with Crippen molar-refractivity contribution in [2.75, 3.05) is 13.7 Å². The van der Waals surface area contributed by atoms with Crippen LogP contribution in [0.25, 0.3) is 0 Å². The van der Waals surface area contributed by atoms with E-state index in [2.05, 4.69) is 37.4 Å². The van der Waals surface area contributed by atoms with Crippen molar-refractivity contribution in [2.24, 2.45) is 0 Å². The molecular weight excluding hydrogens is 234 g/mol. The Labute approximate surface area is 118 Å². The molecule has 108 valence electrons. The maximum absolute atomic E-state index is 5.71. The molecule has 0 radical (unpaired) electrons. The van der Waals surface area contributed by atoms with E-state index in [1.165, 1.54) is 37.7 Å². The highest BCUT2D eigenvalue weighted by atomic mass is 16.5. The van der Waals surface area contributed by atoms with Crippen LogP contribution in [0.2, 0.25) is 0 Å². The number of hydrogen-bond donors (Lipinski definition) is 1. The van der Waals surface area contributed by atoms with E-state index in [0.29, 0.717) is 6.04 Å². The smallest absolute Gasteiger partial charge is 0.119 e. The van der Waals surface area contributed by atoms with Gasteiger partial charge in [0, 0.05) is 6.04 Å². The number of ether oxygens (including phenoxy) is 1. The van der Waals surface area contributed by atoms with E-state index in [9.17, 15) is 0 Å². The summed E-state index contributed by atoms with van der Waals surface area (Å²) in [7, 11) is 2.05. The third kappa shape index (κ3) is 6.11. The maximum Gasteiger partial charge on any atom is 0.119 e. The molecule has 19 heavy (non-hydrogen) atoms. The summed E-state index contributed by atoms with van der Waals surface area (Å²) < 4.78 is 5.71. The van der Waals surface area contributed by atoms with Crippen LogP contribution in [0.4, 0.5) is 0 Å². The van der Waals surface area contributed by atoms with Gasteiger partial charge in [-0.2, -0.15) is 0 Å². The van der Waals surface area contributed by atoms with E-state index in [1.54, 1.807) is 0 Å². The Kier molecular flexibility index (Phi) is 8.31. The van der Waals surface area contributed by atoms with Crippen LogP contribution in [0.15, 0.2) is 24.3 Å². The molecule has 1 atom stereocenters. The Hall–Kier alpha value is -1.02. The Morgan fingerprint density at radius 3 is 2.63 bits per heavy atom. The van der Waals surface area contributed by atoms with Gasteiger partial charge in [-0.25, -0.2) is 0 Å². The van der Waals surface area contributed by atoms with E-state index < -0.39 is 0 Å². The normalized spacial score (nSPS) is 12.4. The lowest BCUT2D eigenvalue weighted by Crippen LogP contribution is -2.16. The number of hydrogen-bond acceptors (Lipinski definition) is 2. The Morgan fingerprint density at radius 2 is 1.95 bits per heavy atom. The summed E-state index contributed by atoms with van der Waals surface area (Å²) in [6.45, 7) is 5.18. The van der Waals surface area contributed by atoms with Gasteiger partial charge in [0.1, 0.15) is 5.75 Å². The quantitative estimate of drug-likeness (QED) is 0.617. The summed E-state index contributed by atoms with van der Waals surface area (Å²) in [6.07, 6.45) is 7.52. The molecule has 0 bridgehead atoms. The first-order valence-corrected chi connectivity index (χ1v) is 7.71. The van der Waals surface area contributed by atoms with Gasteiger partial charge in [-0.15, -0.1) is 0 Å². The molecule has 1 N–H and O–H groups in total. The molecule has 0 saturated heterocycles. The summed E-state index contributed by atoms with van der Waals surface area (Å²) in [6, 6.07) is 8.96. The molecule has 0 aliphatic carbocycles. The van der Waals surface area contributed by atoms with Crippen molar-refractivity contribution in [3.8, 4) is 5.75 Å². The monoisotopic (exact) mass is 263 g/mol. The van der Waals surface area contributed by atoms with E-state index in [-0.39, 0.29) is 0 Å². The van der Waals surface area contributed by atoms with Crippen LogP contribution < -0.4 is 10.1 Å². The summed E-state index contributed by atoms with van der Waals surface area (Å²) >= 11 is 0. The summed E-state index contributed by atoms with van der Waals surface area (Å²) in [5.41, 5.74) is 1.34. The molecule has 0 amide bonds. The third-order valence-corrected chi connectivity index (χ3v) is 3.43. The van der Waals surface area contributed by atoms with Crippen molar-refractivity contribution in [1.29, 1.82) is 0 Å². The molecule has 0 heterocycles. The fourth-order valence-electron chi connectivity index (χ4n) is 2.29. The fraction of sp³-hybridized carbons (Fsp3) is 0.647. The molecule has 1 rings (SSSR count). The lowest BCUT2D eigenvalue weighted by Gasteiger charge is -2.17. The summed E-state index contributed by atoms with van der Waals surface area (Å²) in [5.74, 6) is 0.994. The van der Waals surface area contributed by atoms with Crippen molar-refractivity contribution in [1.82, 2.24) is 5.32 Å². The second-order valence-corrected chi connectivity index (χ2v) is 5.11. The largest absolute Gasteiger partial charge is 0.494 e. The second kappa shape index (κ2) is 9.85. The first-order chi connectivity index (χ1) is 9.31. The summed E-state index contributed by atoms with van der Waals surface area (Å²) in [5, 5.41) is 3.42. The number of rotatable bonds is 10. The maximum atomic E-state index is 5.71. The van der Waals surface area contributed by atoms with Crippen LogP contribution >= 0.6 is 0 Å². The molecule has 1 aromatic carbocycles. The minimum atomic E-state index is 0.446. The molecule has 2 nitrogen and oxygen atoms in total. The third-order valence-electron chi connectivity index (χ3n) is 3.43. The SMILES string of the molecule is CCCCCCC(NC)c1cccc(OCCC)c1. The predicted molar refractivity (Wildman–Crippen MR) is 82.8 cm³/mol. The Morgan fingerprint density at radius 1 is 1.11 bits per heavy atom. The van der Waals surface area contributed by atoms with Crippen molar-refractivity contribution < 1.29 is 4.74 Å². The molecule has 0 fully saturated rings. The first-order valence-electron chi connectivity index (χ1n) is 7.71. The van der Waals surface area contributed by atoms with Crippen LogP contribution in [0.5, 0.6) is 5.75 Å². The van der Waals surface area contributed by atoms with Crippen LogP contribution in [0, 0.1) is 0 Å². The molecule has 2 heteroatoms. The number of benzene rings is 1. The highest BCUT2D eigenvalue weighted by Gasteiger charge is 2.09. The summed E-state index contributed by atoms with van der Waals surface area (Å²) in [4.78, 5) is 0. The van der Waals surface area contributed by atoms with Crippen LogP contribution in [-0.4, -0.2) is 13.7 Å². The van der Waals surface area contributed by atoms with Gasteiger partial charge >= 0.3 is 0 Å². The first kappa shape index (κ1) is 16.0. The molecular formula is C17H29NO. The fourth-order valence-corrected chi connectivity index (χ4v) is 2.29. The van der Waals surface area contributed by atoms with Gasteiger partial charge in [-0.3, -0.25) is 0 Å². The van der Waals surface area contributed by atoms with E-state index in [4.69, 9.17) is 4.74 Å². The van der Waals surface area contributed by atoms with Gasteiger partial charge in [0.15, 0.2) is 0 Å². The van der Waals surface area contributed by atoms with Gasteiger partial charge in [0.2, 0.25) is 0 Å². The number of nitrogens with one attached hydrogen (secondary N) is 1. The van der Waals surface area contributed by atoms with Gasteiger partial charge in [0.05, 0.1) is 6.61 Å². The highest BCUT2D eigenvalue weighted by molar-refractivity contribution is 5.30. The highest BCUT2D eigenvalue weighted by Crippen LogP contribution is 2.23. The minimum Gasteiger partial charge on any atom is -0.494 e. The van der Waals surface area contributed by atoms with Crippen LogP contribution in [0.1, 0.15) is 64.0 Å². The number of unbranched alkanes of at least 4 members (excludes halogenated alkanes) is 3. The Balaban J connectivity index is 2.54. The van der Waals surface area contributed by atoms with E-state index in [1.807, 2.05) is 13.1 Å². The molecule has 0 spiro atoms. The van der Waals surface area contributed by atoms with Gasteiger partial charge in [0.25, 0.3) is 0 Å². The van der Waals surface area contributed by atoms with Crippen LogP contribution in [-0.2, 0) is 0 Å². The molecule has 0 aliphatic heterocycles. The second-order valence-electron chi connectivity index (χ2n) is 5.11. The predicted octanol–water partition coefficient (Wildman–Crippen LogP) is 4.71.